The molecule has 3 N–H and O–H groups in total. The average molecular weight is 450 g/mol. The number of carboxylic acid groups (broad SMARTS) is 1. The second-order valence-electron chi connectivity index (χ2n) is 7.67. The van der Waals surface area contributed by atoms with Gasteiger partial charge in [0.15, 0.2) is 0 Å². The quantitative estimate of drug-likeness (QED) is 0.581. The first-order valence-corrected chi connectivity index (χ1v) is 10.5. The van der Waals surface area contributed by atoms with Gasteiger partial charge in [-0.1, -0.05) is 48.9 Å². The van der Waals surface area contributed by atoms with Crippen molar-refractivity contribution in [3.8, 4) is 5.75 Å². The van der Waals surface area contributed by atoms with E-state index in [4.69, 9.17) is 21.1 Å². The van der Waals surface area contributed by atoms with E-state index in [-0.39, 0.29) is 0 Å². The molecule has 0 bridgehead atoms. The van der Waals surface area contributed by atoms with E-state index in [1.807, 2.05) is 31.2 Å². The standard InChI is InChI=1S/C23H27ClO7/c1-3-30-17-7-5-4-6-13(17)10-15-11-14(8-9-16(15)24)22-20(27)18(25)19(26)21(31-22)12(2)23(28)29/h4-9,11-12,18-22,25-27H,3,10H2,1-2H3,(H,28,29)/p-1/t12?,18-,19+,20-,21-,22+/m1/s1. The zero-order chi connectivity index (χ0) is 22.7. The van der Waals surface area contributed by atoms with Gasteiger partial charge in [-0.2, -0.15) is 0 Å². The summed E-state index contributed by atoms with van der Waals surface area (Å²) >= 11 is 6.40. The minimum Gasteiger partial charge on any atom is -0.550 e. The third kappa shape index (κ3) is 5.02. The molecular formula is C23H26ClO7-. The average Bonchev–Trinajstić information content (AvgIpc) is 2.75. The zero-order valence-electron chi connectivity index (χ0n) is 17.3. The number of benzene rings is 2. The van der Waals surface area contributed by atoms with Crippen LogP contribution in [0.3, 0.4) is 0 Å². The van der Waals surface area contributed by atoms with Crippen LogP contribution in [0.15, 0.2) is 42.5 Å². The van der Waals surface area contributed by atoms with Crippen molar-refractivity contribution in [2.45, 2.75) is 50.8 Å². The molecule has 2 aromatic rings. The van der Waals surface area contributed by atoms with Crippen molar-refractivity contribution in [1.82, 2.24) is 0 Å². The van der Waals surface area contributed by atoms with E-state index in [2.05, 4.69) is 0 Å². The van der Waals surface area contributed by atoms with E-state index in [1.165, 1.54) is 6.92 Å². The van der Waals surface area contributed by atoms with E-state index >= 15 is 0 Å². The molecule has 1 heterocycles. The van der Waals surface area contributed by atoms with Gasteiger partial charge in [-0.3, -0.25) is 0 Å². The molecule has 0 aromatic heterocycles. The summed E-state index contributed by atoms with van der Waals surface area (Å²) in [5.74, 6) is -1.87. The first-order chi connectivity index (χ1) is 14.7. The summed E-state index contributed by atoms with van der Waals surface area (Å²) in [6.45, 7) is 3.74. The highest BCUT2D eigenvalue weighted by Gasteiger charge is 2.46. The minimum absolute atomic E-state index is 0.454. The summed E-state index contributed by atoms with van der Waals surface area (Å²) in [7, 11) is 0. The molecule has 1 saturated heterocycles. The normalized spacial score (nSPS) is 27.0. The van der Waals surface area contributed by atoms with Gasteiger partial charge < -0.3 is 34.7 Å². The molecule has 7 nitrogen and oxygen atoms in total. The minimum atomic E-state index is -1.58. The molecule has 1 unspecified atom stereocenters. The lowest BCUT2D eigenvalue weighted by Gasteiger charge is -2.43. The van der Waals surface area contributed by atoms with Gasteiger partial charge in [0.1, 0.15) is 30.2 Å². The van der Waals surface area contributed by atoms with E-state index in [9.17, 15) is 25.2 Å². The van der Waals surface area contributed by atoms with Crippen LogP contribution in [-0.4, -0.2) is 52.3 Å². The van der Waals surface area contributed by atoms with Crippen LogP contribution in [0.1, 0.15) is 36.6 Å². The van der Waals surface area contributed by atoms with Gasteiger partial charge in [0.25, 0.3) is 0 Å². The zero-order valence-corrected chi connectivity index (χ0v) is 18.0. The third-order valence-corrected chi connectivity index (χ3v) is 5.94. The Bertz CT molecular complexity index is 919. The predicted molar refractivity (Wildman–Crippen MR) is 112 cm³/mol. The number of hydrogen-bond donors (Lipinski definition) is 3. The number of aliphatic carboxylic acids is 1. The van der Waals surface area contributed by atoms with Crippen LogP contribution in [0.2, 0.25) is 5.02 Å². The van der Waals surface area contributed by atoms with E-state index in [1.54, 1.807) is 18.2 Å². The molecule has 0 saturated carbocycles. The molecule has 0 amide bonds. The van der Waals surface area contributed by atoms with Crippen LogP contribution in [0.4, 0.5) is 0 Å². The van der Waals surface area contributed by atoms with Crippen LogP contribution in [0.25, 0.3) is 0 Å². The topological polar surface area (TPSA) is 119 Å². The molecule has 1 aliphatic rings. The third-order valence-electron chi connectivity index (χ3n) is 5.57. The predicted octanol–water partition coefficient (Wildman–Crippen LogP) is 1.24. The number of carbonyl (C=O) groups is 1. The molecular weight excluding hydrogens is 424 g/mol. The number of aliphatic hydroxyl groups is 3. The molecule has 8 heteroatoms. The molecule has 1 fully saturated rings. The van der Waals surface area contributed by atoms with Crippen LogP contribution < -0.4 is 9.84 Å². The number of carboxylic acids is 1. The lowest BCUT2D eigenvalue weighted by Crippen LogP contribution is -2.58. The summed E-state index contributed by atoms with van der Waals surface area (Å²) in [4.78, 5) is 11.3. The lowest BCUT2D eigenvalue weighted by atomic mass is 9.86. The Morgan fingerprint density at radius 2 is 1.84 bits per heavy atom. The van der Waals surface area contributed by atoms with Crippen molar-refractivity contribution in [3.05, 3.63) is 64.2 Å². The highest BCUT2D eigenvalue weighted by atomic mass is 35.5. The van der Waals surface area contributed by atoms with Crippen molar-refractivity contribution >= 4 is 17.6 Å². The molecule has 0 aliphatic carbocycles. The SMILES string of the molecule is CCOc1ccccc1Cc1cc([C@@H]2O[C@H](C(C)C(=O)[O-])[C@@H](O)[C@@H](O)[C@H]2O)ccc1Cl. The molecule has 31 heavy (non-hydrogen) atoms. The van der Waals surface area contributed by atoms with Gasteiger partial charge in [-0.05, 0) is 35.7 Å². The molecule has 1 aliphatic heterocycles. The van der Waals surface area contributed by atoms with E-state index in [0.717, 1.165) is 16.9 Å². The van der Waals surface area contributed by atoms with Crippen LogP contribution >= 0.6 is 11.6 Å². The fraction of sp³-hybridized carbons (Fsp3) is 0.435. The smallest absolute Gasteiger partial charge is 0.122 e. The molecule has 0 radical (unpaired) electrons. The molecule has 6 atom stereocenters. The van der Waals surface area contributed by atoms with Crippen molar-refractivity contribution < 1.29 is 34.7 Å². The Morgan fingerprint density at radius 3 is 2.52 bits per heavy atom. The van der Waals surface area contributed by atoms with Gasteiger partial charge in [0.2, 0.25) is 0 Å². The first kappa shape index (κ1) is 23.5. The summed E-state index contributed by atoms with van der Waals surface area (Å²) in [5, 5.41) is 42.8. The summed E-state index contributed by atoms with van der Waals surface area (Å²) in [6, 6.07) is 12.6. The van der Waals surface area contributed by atoms with Crippen LogP contribution in [0, 0.1) is 5.92 Å². The Labute approximate surface area is 185 Å². The van der Waals surface area contributed by atoms with Crippen molar-refractivity contribution in [2.75, 3.05) is 6.61 Å². The number of ether oxygens (including phenoxy) is 2. The van der Waals surface area contributed by atoms with Crippen molar-refractivity contribution in [1.29, 1.82) is 0 Å². The number of aliphatic hydroxyl groups excluding tert-OH is 3. The van der Waals surface area contributed by atoms with E-state index < -0.39 is 42.4 Å². The second-order valence-corrected chi connectivity index (χ2v) is 8.08. The maximum absolute atomic E-state index is 11.3. The lowest BCUT2D eigenvalue weighted by molar-refractivity contribution is -0.321. The number of para-hydroxylation sites is 1. The monoisotopic (exact) mass is 449 g/mol. The largest absolute Gasteiger partial charge is 0.550 e. The number of carbonyl (C=O) groups excluding carboxylic acids is 1. The number of hydrogen-bond acceptors (Lipinski definition) is 7. The van der Waals surface area contributed by atoms with Crippen LogP contribution in [0.5, 0.6) is 5.75 Å². The maximum Gasteiger partial charge on any atom is 0.122 e. The Hall–Kier alpha value is -2.16. The Kier molecular flexibility index (Phi) is 7.56. The van der Waals surface area contributed by atoms with Gasteiger partial charge >= 0.3 is 0 Å². The van der Waals surface area contributed by atoms with Gasteiger partial charge in [-0.25, -0.2) is 0 Å². The van der Waals surface area contributed by atoms with E-state index in [0.29, 0.717) is 23.6 Å². The van der Waals surface area contributed by atoms with Gasteiger partial charge in [0.05, 0.1) is 12.7 Å². The van der Waals surface area contributed by atoms with Crippen molar-refractivity contribution in [2.24, 2.45) is 5.92 Å². The molecule has 168 valence electrons. The number of rotatable bonds is 7. The Balaban J connectivity index is 1.92. The molecule has 3 rings (SSSR count). The first-order valence-electron chi connectivity index (χ1n) is 10.1. The fourth-order valence-electron chi connectivity index (χ4n) is 3.79. The maximum atomic E-state index is 11.3. The Morgan fingerprint density at radius 1 is 1.13 bits per heavy atom. The fourth-order valence-corrected chi connectivity index (χ4v) is 3.97. The summed E-state index contributed by atoms with van der Waals surface area (Å²) in [6.07, 6.45) is -6.44. The van der Waals surface area contributed by atoms with Crippen LogP contribution in [-0.2, 0) is 16.0 Å². The summed E-state index contributed by atoms with van der Waals surface area (Å²) in [5.41, 5.74) is 2.17. The highest BCUT2D eigenvalue weighted by molar-refractivity contribution is 6.31. The summed E-state index contributed by atoms with van der Waals surface area (Å²) < 4.78 is 11.4. The second kappa shape index (κ2) is 9.97. The van der Waals surface area contributed by atoms with Crippen molar-refractivity contribution in [3.63, 3.8) is 0 Å². The highest BCUT2D eigenvalue weighted by Crippen LogP contribution is 2.37. The molecule has 0 spiro atoms. The van der Waals surface area contributed by atoms with Gasteiger partial charge in [-0.15, -0.1) is 0 Å². The number of halogens is 1. The van der Waals surface area contributed by atoms with Gasteiger partial charge in [0, 0.05) is 23.3 Å². The molecule has 2 aromatic carbocycles.